The zero-order valence-corrected chi connectivity index (χ0v) is 13.3. The summed E-state index contributed by atoms with van der Waals surface area (Å²) in [6, 6.07) is 11.3. The van der Waals surface area contributed by atoms with Crippen molar-refractivity contribution in [1.29, 1.82) is 0 Å². The number of likely N-dealkylation sites (tertiary alicyclic amines) is 2. The van der Waals surface area contributed by atoms with Crippen LogP contribution in [0.25, 0.3) is 0 Å². The van der Waals surface area contributed by atoms with E-state index in [1.165, 1.54) is 18.4 Å². The van der Waals surface area contributed by atoms with Gasteiger partial charge in [0.05, 0.1) is 6.10 Å². The van der Waals surface area contributed by atoms with Crippen molar-refractivity contribution in [3.05, 3.63) is 35.9 Å². The lowest BCUT2D eigenvalue weighted by Gasteiger charge is -2.43. The molecule has 4 heteroatoms. The standard InChI is InChI=1S/C18H28N2O2/c21-14-16-6-11-20(13-18(16)22)17-7-9-19(10-8-17)12-15-4-2-1-3-5-15/h1-5,16-18,21-22H,6-14H2/t16-,18+/m1/s1. The van der Waals surface area contributed by atoms with E-state index in [0.717, 1.165) is 39.1 Å². The van der Waals surface area contributed by atoms with Crippen LogP contribution in [0.2, 0.25) is 0 Å². The lowest BCUT2D eigenvalue weighted by Crippen LogP contribution is -2.52. The molecule has 0 aromatic heterocycles. The van der Waals surface area contributed by atoms with Crippen molar-refractivity contribution in [3.63, 3.8) is 0 Å². The van der Waals surface area contributed by atoms with Crippen LogP contribution in [0.3, 0.4) is 0 Å². The first-order valence-electron chi connectivity index (χ1n) is 8.55. The molecule has 0 aliphatic carbocycles. The second kappa shape index (κ2) is 7.55. The summed E-state index contributed by atoms with van der Waals surface area (Å²) in [5, 5.41) is 19.4. The van der Waals surface area contributed by atoms with E-state index in [2.05, 4.69) is 40.1 Å². The number of hydrogen-bond acceptors (Lipinski definition) is 4. The molecule has 0 unspecified atom stereocenters. The number of aliphatic hydroxyl groups is 2. The summed E-state index contributed by atoms with van der Waals surface area (Å²) in [6.45, 7) is 5.18. The number of benzene rings is 1. The van der Waals surface area contributed by atoms with Gasteiger partial charge in [-0.05, 0) is 44.5 Å². The SMILES string of the molecule is OC[C@H]1CCN(C2CCN(Cc3ccccc3)CC2)C[C@@H]1O. The summed E-state index contributed by atoms with van der Waals surface area (Å²) in [5.74, 6) is 0.0782. The van der Waals surface area contributed by atoms with Crippen LogP contribution in [0.5, 0.6) is 0 Å². The molecule has 1 aromatic carbocycles. The Morgan fingerprint density at radius 1 is 1.00 bits per heavy atom. The van der Waals surface area contributed by atoms with Crippen molar-refractivity contribution >= 4 is 0 Å². The topological polar surface area (TPSA) is 46.9 Å². The van der Waals surface area contributed by atoms with Crippen molar-refractivity contribution in [3.8, 4) is 0 Å². The fourth-order valence-electron chi connectivity index (χ4n) is 3.83. The summed E-state index contributed by atoms with van der Waals surface area (Å²) in [7, 11) is 0. The van der Waals surface area contributed by atoms with Gasteiger partial charge in [0, 0.05) is 31.7 Å². The highest BCUT2D eigenvalue weighted by Gasteiger charge is 2.32. The zero-order valence-electron chi connectivity index (χ0n) is 13.3. The molecule has 22 heavy (non-hydrogen) atoms. The van der Waals surface area contributed by atoms with Gasteiger partial charge in [0.1, 0.15) is 0 Å². The largest absolute Gasteiger partial charge is 0.396 e. The van der Waals surface area contributed by atoms with Gasteiger partial charge in [0.2, 0.25) is 0 Å². The van der Waals surface area contributed by atoms with Gasteiger partial charge in [-0.25, -0.2) is 0 Å². The first kappa shape index (κ1) is 15.9. The molecule has 2 atom stereocenters. The van der Waals surface area contributed by atoms with Crippen LogP contribution in [0, 0.1) is 5.92 Å². The molecule has 2 heterocycles. The Morgan fingerprint density at radius 3 is 2.36 bits per heavy atom. The van der Waals surface area contributed by atoms with Gasteiger partial charge in [-0.15, -0.1) is 0 Å². The molecule has 0 spiro atoms. The van der Waals surface area contributed by atoms with E-state index in [1.54, 1.807) is 0 Å². The van der Waals surface area contributed by atoms with E-state index in [-0.39, 0.29) is 18.6 Å². The predicted octanol–water partition coefficient (Wildman–Crippen LogP) is 1.33. The summed E-state index contributed by atoms with van der Waals surface area (Å²) < 4.78 is 0. The summed E-state index contributed by atoms with van der Waals surface area (Å²) >= 11 is 0. The normalized spacial score (nSPS) is 28.8. The Morgan fingerprint density at radius 2 is 1.73 bits per heavy atom. The smallest absolute Gasteiger partial charge is 0.0717 e. The lowest BCUT2D eigenvalue weighted by atomic mass is 9.92. The molecule has 1 aromatic rings. The zero-order chi connectivity index (χ0) is 15.4. The third kappa shape index (κ3) is 3.87. The third-order valence-corrected chi connectivity index (χ3v) is 5.31. The molecule has 2 saturated heterocycles. The summed E-state index contributed by atoms with van der Waals surface area (Å²) in [4.78, 5) is 4.97. The molecule has 2 N–H and O–H groups in total. The summed E-state index contributed by atoms with van der Waals surface area (Å²) in [5.41, 5.74) is 1.39. The first-order chi connectivity index (χ1) is 10.8. The first-order valence-corrected chi connectivity index (χ1v) is 8.55. The second-order valence-corrected chi connectivity index (χ2v) is 6.79. The van der Waals surface area contributed by atoms with Crippen LogP contribution in [0.1, 0.15) is 24.8 Å². The van der Waals surface area contributed by atoms with Crippen molar-refractivity contribution in [2.24, 2.45) is 5.92 Å². The molecule has 3 rings (SSSR count). The van der Waals surface area contributed by atoms with Gasteiger partial charge >= 0.3 is 0 Å². The Hall–Kier alpha value is -0.940. The number of aliphatic hydroxyl groups excluding tert-OH is 2. The highest BCUT2D eigenvalue weighted by Crippen LogP contribution is 2.24. The molecule has 0 amide bonds. The average Bonchev–Trinajstić information content (AvgIpc) is 2.56. The fourth-order valence-corrected chi connectivity index (χ4v) is 3.83. The van der Waals surface area contributed by atoms with Gasteiger partial charge in [-0.1, -0.05) is 30.3 Å². The van der Waals surface area contributed by atoms with Gasteiger partial charge in [-0.3, -0.25) is 9.80 Å². The maximum atomic E-state index is 10.1. The van der Waals surface area contributed by atoms with Gasteiger partial charge in [0.15, 0.2) is 0 Å². The van der Waals surface area contributed by atoms with Crippen molar-refractivity contribution < 1.29 is 10.2 Å². The number of piperidine rings is 2. The van der Waals surface area contributed by atoms with Gasteiger partial charge in [0.25, 0.3) is 0 Å². The van der Waals surface area contributed by atoms with E-state index in [1.807, 2.05) is 0 Å². The molecular weight excluding hydrogens is 276 g/mol. The molecule has 4 nitrogen and oxygen atoms in total. The van der Waals surface area contributed by atoms with Crippen molar-refractivity contribution in [1.82, 2.24) is 9.80 Å². The van der Waals surface area contributed by atoms with Crippen LogP contribution < -0.4 is 0 Å². The molecule has 0 saturated carbocycles. The summed E-state index contributed by atoms with van der Waals surface area (Å²) in [6.07, 6.45) is 2.93. The van der Waals surface area contributed by atoms with E-state index >= 15 is 0 Å². The Labute approximate surface area is 133 Å². The Kier molecular flexibility index (Phi) is 5.47. The molecule has 122 valence electrons. The van der Waals surface area contributed by atoms with Crippen molar-refractivity contribution in [2.75, 3.05) is 32.8 Å². The Bertz CT molecular complexity index is 446. The van der Waals surface area contributed by atoms with Crippen LogP contribution in [0.15, 0.2) is 30.3 Å². The fraction of sp³-hybridized carbons (Fsp3) is 0.667. The molecule has 2 aliphatic rings. The van der Waals surface area contributed by atoms with Crippen LogP contribution in [-0.2, 0) is 6.54 Å². The monoisotopic (exact) mass is 304 g/mol. The molecule has 0 bridgehead atoms. The van der Waals surface area contributed by atoms with Crippen molar-refractivity contribution in [2.45, 2.75) is 38.0 Å². The maximum Gasteiger partial charge on any atom is 0.0717 e. The maximum absolute atomic E-state index is 10.1. The Balaban J connectivity index is 1.46. The average molecular weight is 304 g/mol. The number of hydrogen-bond donors (Lipinski definition) is 2. The molecule has 2 aliphatic heterocycles. The van der Waals surface area contributed by atoms with E-state index in [9.17, 15) is 10.2 Å². The van der Waals surface area contributed by atoms with Gasteiger partial charge < -0.3 is 10.2 Å². The second-order valence-electron chi connectivity index (χ2n) is 6.79. The number of rotatable bonds is 4. The number of nitrogens with zero attached hydrogens (tertiary/aromatic N) is 2. The van der Waals surface area contributed by atoms with E-state index in [0.29, 0.717) is 6.04 Å². The quantitative estimate of drug-likeness (QED) is 0.881. The molecule has 2 fully saturated rings. The minimum atomic E-state index is -0.360. The lowest BCUT2D eigenvalue weighted by molar-refractivity contribution is -0.0267. The minimum Gasteiger partial charge on any atom is -0.396 e. The molecular formula is C18H28N2O2. The molecule has 0 radical (unpaired) electrons. The van der Waals surface area contributed by atoms with E-state index in [4.69, 9.17) is 0 Å². The van der Waals surface area contributed by atoms with Crippen LogP contribution >= 0.6 is 0 Å². The minimum absolute atomic E-state index is 0.0782. The van der Waals surface area contributed by atoms with Gasteiger partial charge in [-0.2, -0.15) is 0 Å². The third-order valence-electron chi connectivity index (χ3n) is 5.31. The highest BCUT2D eigenvalue weighted by atomic mass is 16.3. The van der Waals surface area contributed by atoms with Crippen LogP contribution in [-0.4, -0.2) is 64.9 Å². The highest BCUT2D eigenvalue weighted by molar-refractivity contribution is 5.14. The number of β-amino-alcohol motifs (C(OH)–C–C–N with tert-alkyl or cyclic N) is 1. The predicted molar refractivity (Wildman–Crippen MR) is 87.5 cm³/mol. The van der Waals surface area contributed by atoms with Crippen LogP contribution in [0.4, 0.5) is 0 Å². The van der Waals surface area contributed by atoms with E-state index < -0.39 is 0 Å².